The summed E-state index contributed by atoms with van der Waals surface area (Å²) in [5.74, 6) is 0. The third kappa shape index (κ3) is 3.27. The molecule has 0 N–H and O–H groups in total. The first-order valence-corrected chi connectivity index (χ1v) is 9.89. The monoisotopic (exact) mass is 360 g/mol. The van der Waals surface area contributed by atoms with Crippen LogP contribution in [0.2, 0.25) is 0 Å². The molecule has 0 fully saturated rings. The SMILES string of the molecule is O=c1c(CP)coc2cc(-c3ccc(CP)cc3)c(CP)cc12. The Morgan fingerprint density at radius 1 is 0.870 bits per heavy atom. The zero-order chi connectivity index (χ0) is 16.4. The maximum atomic E-state index is 12.5. The van der Waals surface area contributed by atoms with E-state index in [1.54, 1.807) is 6.26 Å². The van der Waals surface area contributed by atoms with Gasteiger partial charge in [0.15, 0.2) is 5.43 Å². The Kier molecular flexibility index (Phi) is 5.27. The summed E-state index contributed by atoms with van der Waals surface area (Å²) in [4.78, 5) is 12.5. The van der Waals surface area contributed by atoms with E-state index in [9.17, 15) is 4.79 Å². The maximum Gasteiger partial charge on any atom is 0.196 e. The average Bonchev–Trinajstić information content (AvgIpc) is 2.61. The molecule has 0 bridgehead atoms. The Hall–Kier alpha value is -1.06. The highest BCUT2D eigenvalue weighted by atomic mass is 31.0. The highest BCUT2D eigenvalue weighted by Crippen LogP contribution is 2.30. The van der Waals surface area contributed by atoms with Gasteiger partial charge in [0.1, 0.15) is 5.58 Å². The fraction of sp³-hybridized carbons (Fsp3) is 0.167. The quantitative estimate of drug-likeness (QED) is 0.638. The molecule has 3 aromatic rings. The van der Waals surface area contributed by atoms with Gasteiger partial charge in [0.2, 0.25) is 0 Å². The van der Waals surface area contributed by atoms with E-state index in [1.807, 2.05) is 12.1 Å². The van der Waals surface area contributed by atoms with Gasteiger partial charge in [0.05, 0.1) is 11.6 Å². The van der Waals surface area contributed by atoms with Crippen molar-refractivity contribution in [3.8, 4) is 11.1 Å². The zero-order valence-electron chi connectivity index (χ0n) is 12.7. The lowest BCUT2D eigenvalue weighted by Crippen LogP contribution is -2.07. The van der Waals surface area contributed by atoms with Crippen LogP contribution in [0.15, 0.2) is 51.9 Å². The first kappa shape index (κ1) is 16.8. The van der Waals surface area contributed by atoms with Crippen LogP contribution in [0.3, 0.4) is 0 Å². The number of benzene rings is 2. The second kappa shape index (κ2) is 7.23. The first-order chi connectivity index (χ1) is 11.2. The average molecular weight is 360 g/mol. The minimum absolute atomic E-state index is 0.0610. The Labute approximate surface area is 142 Å². The highest BCUT2D eigenvalue weighted by molar-refractivity contribution is 7.15. The van der Waals surface area contributed by atoms with E-state index in [1.165, 1.54) is 5.56 Å². The lowest BCUT2D eigenvalue weighted by Gasteiger charge is -2.11. The van der Waals surface area contributed by atoms with Crippen molar-refractivity contribution in [3.05, 3.63) is 69.6 Å². The van der Waals surface area contributed by atoms with Gasteiger partial charge >= 0.3 is 0 Å². The molecule has 0 spiro atoms. The lowest BCUT2D eigenvalue weighted by molar-refractivity contribution is 0.596. The maximum absolute atomic E-state index is 12.5. The number of rotatable bonds is 4. The molecule has 3 rings (SSSR count). The fourth-order valence-electron chi connectivity index (χ4n) is 2.66. The number of hydrogen-bond acceptors (Lipinski definition) is 2. The summed E-state index contributed by atoms with van der Waals surface area (Å²) in [6.45, 7) is 0. The highest BCUT2D eigenvalue weighted by Gasteiger charge is 2.11. The van der Waals surface area contributed by atoms with Gasteiger partial charge in [0.25, 0.3) is 0 Å². The van der Waals surface area contributed by atoms with Gasteiger partial charge in [-0.25, -0.2) is 0 Å². The smallest absolute Gasteiger partial charge is 0.196 e. The first-order valence-electron chi connectivity index (χ1n) is 7.44. The molecule has 2 nitrogen and oxygen atoms in total. The van der Waals surface area contributed by atoms with Gasteiger partial charge in [-0.05, 0) is 52.9 Å². The predicted molar refractivity (Wildman–Crippen MR) is 108 cm³/mol. The molecular formula is C18H19O2P3. The van der Waals surface area contributed by atoms with Crippen LogP contribution in [0.1, 0.15) is 16.7 Å². The molecule has 23 heavy (non-hydrogen) atoms. The molecule has 3 unspecified atom stereocenters. The van der Waals surface area contributed by atoms with E-state index in [-0.39, 0.29) is 5.43 Å². The molecule has 118 valence electrons. The van der Waals surface area contributed by atoms with E-state index in [0.717, 1.165) is 29.0 Å². The van der Waals surface area contributed by atoms with Crippen LogP contribution < -0.4 is 5.43 Å². The molecule has 1 aromatic heterocycles. The molecule has 5 heteroatoms. The van der Waals surface area contributed by atoms with Crippen molar-refractivity contribution in [2.45, 2.75) is 18.5 Å². The van der Waals surface area contributed by atoms with Gasteiger partial charge in [-0.2, -0.15) is 0 Å². The van der Waals surface area contributed by atoms with Crippen LogP contribution in [0, 0.1) is 0 Å². The summed E-state index contributed by atoms with van der Waals surface area (Å²) >= 11 is 0. The van der Waals surface area contributed by atoms with Gasteiger partial charge in [-0.3, -0.25) is 4.79 Å². The van der Waals surface area contributed by atoms with Crippen molar-refractivity contribution < 1.29 is 4.42 Å². The molecule has 3 atom stereocenters. The van der Waals surface area contributed by atoms with Crippen LogP contribution in [0.25, 0.3) is 22.1 Å². The molecular weight excluding hydrogens is 341 g/mol. The van der Waals surface area contributed by atoms with Crippen molar-refractivity contribution in [2.24, 2.45) is 0 Å². The Morgan fingerprint density at radius 3 is 2.17 bits per heavy atom. The van der Waals surface area contributed by atoms with Gasteiger partial charge in [0, 0.05) is 5.56 Å². The fourth-order valence-corrected chi connectivity index (χ4v) is 3.55. The number of fused-ring (bicyclic) bond motifs is 1. The summed E-state index contributed by atoms with van der Waals surface area (Å²) in [6, 6.07) is 12.5. The zero-order valence-corrected chi connectivity index (χ0v) is 16.2. The predicted octanol–water partition coefficient (Wildman–Crippen LogP) is 4.59. The van der Waals surface area contributed by atoms with E-state index in [4.69, 9.17) is 4.42 Å². The summed E-state index contributed by atoms with van der Waals surface area (Å²) < 4.78 is 5.70. The molecule has 0 saturated heterocycles. The molecule has 2 aromatic carbocycles. The largest absolute Gasteiger partial charge is 0.464 e. The molecule has 1 heterocycles. The standard InChI is InChI=1S/C18H19O2P3/c19-18-14(10-23)7-20-17-6-15(13(9-22)5-16(17)18)12-3-1-11(8-21)2-4-12/h1-7H,8-10,21-23H2. The van der Waals surface area contributed by atoms with Crippen molar-refractivity contribution in [1.29, 1.82) is 0 Å². The van der Waals surface area contributed by atoms with E-state index >= 15 is 0 Å². The summed E-state index contributed by atoms with van der Waals surface area (Å²) in [5, 5.41) is 0.660. The van der Waals surface area contributed by atoms with Gasteiger partial charge in [-0.1, -0.05) is 24.3 Å². The molecule has 0 aliphatic carbocycles. The van der Waals surface area contributed by atoms with Crippen molar-refractivity contribution in [2.75, 3.05) is 0 Å². The third-order valence-corrected chi connectivity index (χ3v) is 5.36. The third-order valence-electron chi connectivity index (χ3n) is 4.01. The van der Waals surface area contributed by atoms with E-state index in [2.05, 4.69) is 52.0 Å². The summed E-state index contributed by atoms with van der Waals surface area (Å²) in [5.41, 5.74) is 6.07. The van der Waals surface area contributed by atoms with Crippen molar-refractivity contribution in [1.82, 2.24) is 0 Å². The molecule has 0 saturated carbocycles. The van der Waals surface area contributed by atoms with E-state index < -0.39 is 0 Å². The van der Waals surface area contributed by atoms with Gasteiger partial charge < -0.3 is 4.42 Å². The summed E-state index contributed by atoms with van der Waals surface area (Å²) in [6.07, 6.45) is 3.91. The van der Waals surface area contributed by atoms with Crippen molar-refractivity contribution in [3.63, 3.8) is 0 Å². The van der Waals surface area contributed by atoms with Crippen LogP contribution >= 0.6 is 27.7 Å². The normalized spacial score (nSPS) is 11.1. The minimum atomic E-state index is 0.0610. The molecule has 0 aliphatic rings. The van der Waals surface area contributed by atoms with Crippen molar-refractivity contribution >= 4 is 38.7 Å². The number of hydrogen-bond donors (Lipinski definition) is 0. The topological polar surface area (TPSA) is 30.2 Å². The summed E-state index contributed by atoms with van der Waals surface area (Å²) in [7, 11) is 8.06. The molecule has 0 radical (unpaired) electrons. The van der Waals surface area contributed by atoms with Crippen LogP contribution in [-0.2, 0) is 18.5 Å². The van der Waals surface area contributed by atoms with Gasteiger partial charge in [-0.15, -0.1) is 27.7 Å². The van der Waals surface area contributed by atoms with Crippen LogP contribution in [-0.4, -0.2) is 0 Å². The van der Waals surface area contributed by atoms with Crippen LogP contribution in [0.5, 0.6) is 0 Å². The second-order valence-electron chi connectivity index (χ2n) is 5.40. The Bertz CT molecular complexity index is 899. The Balaban J connectivity index is 2.22. The lowest BCUT2D eigenvalue weighted by atomic mass is 9.97. The molecule has 0 amide bonds. The second-order valence-corrected chi connectivity index (χ2v) is 6.63. The van der Waals surface area contributed by atoms with Crippen LogP contribution in [0.4, 0.5) is 0 Å². The molecule has 0 aliphatic heterocycles. The minimum Gasteiger partial charge on any atom is -0.464 e. The van der Waals surface area contributed by atoms with E-state index in [0.29, 0.717) is 22.7 Å². The Morgan fingerprint density at radius 2 is 1.57 bits per heavy atom.